The van der Waals surface area contributed by atoms with E-state index in [1.54, 1.807) is 0 Å². The lowest BCUT2D eigenvalue weighted by Gasteiger charge is -2.18. The number of esters is 3. The third kappa shape index (κ3) is 67.5. The van der Waals surface area contributed by atoms with Crippen molar-refractivity contribution in [1.82, 2.24) is 0 Å². The van der Waals surface area contributed by atoms with E-state index >= 15 is 0 Å². The summed E-state index contributed by atoms with van der Waals surface area (Å²) < 4.78 is 17.0. The van der Waals surface area contributed by atoms with Gasteiger partial charge in [-0.3, -0.25) is 14.4 Å². The number of carbonyl (C=O) groups is 3. The average molecular weight is 1130 g/mol. The molecule has 0 aliphatic rings. The molecule has 0 amide bonds. The highest BCUT2D eigenvalue weighted by molar-refractivity contribution is 5.71. The van der Waals surface area contributed by atoms with Gasteiger partial charge < -0.3 is 14.2 Å². The van der Waals surface area contributed by atoms with Gasteiger partial charge in [0.1, 0.15) is 13.2 Å². The maximum atomic E-state index is 12.9. The molecule has 0 aromatic rings. The molecule has 81 heavy (non-hydrogen) atoms. The first-order chi connectivity index (χ1) is 40.0. The van der Waals surface area contributed by atoms with E-state index in [9.17, 15) is 14.4 Å². The lowest BCUT2D eigenvalue weighted by Crippen LogP contribution is -2.30. The van der Waals surface area contributed by atoms with Crippen LogP contribution in [0.4, 0.5) is 0 Å². The molecule has 0 heterocycles. The van der Waals surface area contributed by atoms with Gasteiger partial charge in [0.05, 0.1) is 0 Å². The summed E-state index contributed by atoms with van der Waals surface area (Å²) in [4.78, 5) is 38.4. The van der Waals surface area contributed by atoms with Crippen LogP contribution >= 0.6 is 0 Å². The van der Waals surface area contributed by atoms with Crippen molar-refractivity contribution in [2.24, 2.45) is 0 Å². The highest BCUT2D eigenvalue weighted by atomic mass is 16.6. The van der Waals surface area contributed by atoms with Crippen LogP contribution < -0.4 is 0 Å². The Morgan fingerprint density at radius 3 is 0.765 bits per heavy atom. The Morgan fingerprint density at radius 1 is 0.259 bits per heavy atom. The third-order valence-electron chi connectivity index (χ3n) is 15.7. The minimum Gasteiger partial charge on any atom is -0.462 e. The second-order valence-electron chi connectivity index (χ2n) is 23.8. The first kappa shape index (κ1) is 77.9. The molecular weight excluding hydrogens is 997 g/mol. The van der Waals surface area contributed by atoms with Gasteiger partial charge in [-0.25, -0.2) is 0 Å². The van der Waals surface area contributed by atoms with Crippen molar-refractivity contribution >= 4 is 17.9 Å². The van der Waals surface area contributed by atoms with Gasteiger partial charge in [-0.05, 0) is 109 Å². The van der Waals surface area contributed by atoms with Crippen LogP contribution in [0.2, 0.25) is 0 Å². The van der Waals surface area contributed by atoms with E-state index in [2.05, 4.69) is 93.7 Å². The summed E-state index contributed by atoms with van der Waals surface area (Å²) in [5, 5.41) is 0. The summed E-state index contributed by atoms with van der Waals surface area (Å²) >= 11 is 0. The van der Waals surface area contributed by atoms with E-state index < -0.39 is 6.10 Å². The van der Waals surface area contributed by atoms with Crippen LogP contribution in [0, 0.1) is 0 Å². The summed E-state index contributed by atoms with van der Waals surface area (Å²) in [5.41, 5.74) is 0. The number of allylic oxidation sites excluding steroid dienone is 12. The van der Waals surface area contributed by atoms with Gasteiger partial charge in [0, 0.05) is 19.3 Å². The van der Waals surface area contributed by atoms with Crippen LogP contribution in [0.3, 0.4) is 0 Å². The Labute approximate surface area is 503 Å². The van der Waals surface area contributed by atoms with Gasteiger partial charge in [-0.15, -0.1) is 0 Å². The van der Waals surface area contributed by atoms with Crippen molar-refractivity contribution in [2.45, 2.75) is 374 Å². The normalized spacial score (nSPS) is 12.5. The van der Waals surface area contributed by atoms with Crippen LogP contribution in [0.5, 0.6) is 0 Å². The van der Waals surface area contributed by atoms with E-state index in [1.807, 2.05) is 0 Å². The summed E-state index contributed by atoms with van der Waals surface area (Å²) in [6, 6.07) is 0. The molecule has 1 unspecified atom stereocenters. The minimum atomic E-state index is -0.791. The van der Waals surface area contributed by atoms with Gasteiger partial charge in [-0.2, -0.15) is 0 Å². The molecule has 0 rings (SSSR count). The fourth-order valence-corrected chi connectivity index (χ4v) is 10.4. The Bertz CT molecular complexity index is 1490. The monoisotopic (exact) mass is 1130 g/mol. The molecule has 0 saturated heterocycles. The molecule has 0 aliphatic heterocycles. The summed E-state index contributed by atoms with van der Waals surface area (Å²) in [7, 11) is 0. The van der Waals surface area contributed by atoms with E-state index in [-0.39, 0.29) is 31.1 Å². The number of unbranched alkanes of at least 4 members (excludes halogenated alkanes) is 42. The number of hydrogen-bond donors (Lipinski definition) is 0. The van der Waals surface area contributed by atoms with Crippen LogP contribution in [-0.4, -0.2) is 37.2 Å². The average Bonchev–Trinajstić information content (AvgIpc) is 3.47. The largest absolute Gasteiger partial charge is 0.462 e. The van der Waals surface area contributed by atoms with Crippen LogP contribution in [-0.2, 0) is 28.6 Å². The molecular formula is C75H134O6. The number of ether oxygens (including phenoxy) is 3. The van der Waals surface area contributed by atoms with Crippen molar-refractivity contribution in [2.75, 3.05) is 13.2 Å². The standard InChI is InChI=1S/C75H134O6/c1-4-7-10-13-16-19-22-25-28-31-32-33-34-35-36-37-38-39-40-41-42-45-47-50-53-56-59-62-65-68-74(77)80-71-72(81-75(78)69-66-63-60-57-54-51-48-44-30-27-24-21-18-15-12-9-6-3)70-79-73(76)67-64-61-58-55-52-49-46-43-29-26-23-20-17-14-11-8-5-2/h9,12,18,21,26-27,29-32,48,51,72H,4-8,10-11,13-17,19-20,22-25,28,33-47,49-50,52-71H2,1-3H3/b12-9-,21-18-,29-26-,30-27-,32-31-,51-48-. The van der Waals surface area contributed by atoms with Crippen molar-refractivity contribution in [3.8, 4) is 0 Å². The van der Waals surface area contributed by atoms with Crippen LogP contribution in [0.1, 0.15) is 367 Å². The molecule has 0 spiro atoms. The Morgan fingerprint density at radius 2 is 0.481 bits per heavy atom. The summed E-state index contributed by atoms with van der Waals surface area (Å²) in [6.07, 6.45) is 90.8. The molecule has 0 fully saturated rings. The zero-order valence-electron chi connectivity index (χ0n) is 54.1. The van der Waals surface area contributed by atoms with Crippen molar-refractivity contribution < 1.29 is 28.6 Å². The molecule has 1 atom stereocenters. The van der Waals surface area contributed by atoms with Crippen molar-refractivity contribution in [3.63, 3.8) is 0 Å². The van der Waals surface area contributed by atoms with Crippen LogP contribution in [0.15, 0.2) is 72.9 Å². The molecule has 0 aliphatic carbocycles. The van der Waals surface area contributed by atoms with Gasteiger partial charge in [0.15, 0.2) is 6.10 Å². The SMILES string of the molecule is CC/C=C\C/C=C\C/C=C\C/C=C\CCCCCCC(=O)OC(COC(=O)CCCCCCCCC/C=C\CCCCCCCC)COC(=O)CCCCCCCCCCCCCCCCCCC/C=C\CCCCCCCCCC. The molecule has 0 radical (unpaired) electrons. The smallest absolute Gasteiger partial charge is 0.306 e. The summed E-state index contributed by atoms with van der Waals surface area (Å²) in [5.74, 6) is -0.893. The zero-order valence-corrected chi connectivity index (χ0v) is 54.1. The van der Waals surface area contributed by atoms with Gasteiger partial charge in [0.25, 0.3) is 0 Å². The molecule has 0 N–H and O–H groups in total. The van der Waals surface area contributed by atoms with Gasteiger partial charge in [-0.1, -0.05) is 312 Å². The highest BCUT2D eigenvalue weighted by Crippen LogP contribution is 2.18. The van der Waals surface area contributed by atoms with Gasteiger partial charge >= 0.3 is 17.9 Å². The predicted molar refractivity (Wildman–Crippen MR) is 353 cm³/mol. The maximum absolute atomic E-state index is 12.9. The van der Waals surface area contributed by atoms with E-state index in [4.69, 9.17) is 14.2 Å². The zero-order chi connectivity index (χ0) is 58.5. The fraction of sp³-hybridized carbons (Fsp3) is 0.800. The van der Waals surface area contributed by atoms with Crippen molar-refractivity contribution in [3.05, 3.63) is 72.9 Å². The second-order valence-corrected chi connectivity index (χ2v) is 23.8. The highest BCUT2D eigenvalue weighted by Gasteiger charge is 2.19. The minimum absolute atomic E-state index is 0.0840. The topological polar surface area (TPSA) is 78.9 Å². The number of hydrogen-bond acceptors (Lipinski definition) is 6. The molecule has 0 aromatic heterocycles. The van der Waals surface area contributed by atoms with Crippen LogP contribution in [0.25, 0.3) is 0 Å². The Balaban J connectivity index is 4.27. The first-order valence-electron chi connectivity index (χ1n) is 35.4. The lowest BCUT2D eigenvalue weighted by atomic mass is 10.0. The lowest BCUT2D eigenvalue weighted by molar-refractivity contribution is -0.167. The van der Waals surface area contributed by atoms with Crippen molar-refractivity contribution in [1.29, 1.82) is 0 Å². The molecule has 470 valence electrons. The Kier molecular flexibility index (Phi) is 66.6. The molecule has 0 aromatic carbocycles. The maximum Gasteiger partial charge on any atom is 0.306 e. The third-order valence-corrected chi connectivity index (χ3v) is 15.7. The van der Waals surface area contributed by atoms with E-state index in [1.165, 1.54) is 231 Å². The van der Waals surface area contributed by atoms with E-state index in [0.717, 1.165) is 96.3 Å². The quantitative estimate of drug-likeness (QED) is 0.0261. The number of carbonyl (C=O) groups excluding carboxylic acids is 3. The Hall–Kier alpha value is -3.15. The molecule has 6 nitrogen and oxygen atoms in total. The summed E-state index contributed by atoms with van der Waals surface area (Å²) in [6.45, 7) is 6.55. The molecule has 6 heteroatoms. The second kappa shape index (κ2) is 69.3. The number of rotatable bonds is 65. The van der Waals surface area contributed by atoms with E-state index in [0.29, 0.717) is 19.3 Å². The van der Waals surface area contributed by atoms with Gasteiger partial charge in [0.2, 0.25) is 0 Å². The first-order valence-corrected chi connectivity index (χ1v) is 35.4. The molecule has 0 saturated carbocycles. The molecule has 0 bridgehead atoms. The predicted octanol–water partition coefficient (Wildman–Crippen LogP) is 24.4. The fourth-order valence-electron chi connectivity index (χ4n) is 10.4.